The number of benzene rings is 1. The van der Waals surface area contributed by atoms with Crippen molar-refractivity contribution in [1.29, 1.82) is 0 Å². The van der Waals surface area contributed by atoms with Gasteiger partial charge in [-0.1, -0.05) is 30.3 Å². The SMILES string of the molecule is CC(=O)NC(=O)N[C@H](C)Cc1ccccc1. The smallest absolute Gasteiger partial charge is 0.321 e. The van der Waals surface area contributed by atoms with Gasteiger partial charge in [-0.05, 0) is 18.9 Å². The van der Waals surface area contributed by atoms with Crippen LogP contribution in [0.15, 0.2) is 30.3 Å². The monoisotopic (exact) mass is 220 g/mol. The van der Waals surface area contributed by atoms with Crippen LogP contribution in [0.3, 0.4) is 0 Å². The summed E-state index contributed by atoms with van der Waals surface area (Å²) in [5, 5.41) is 4.86. The first-order chi connectivity index (χ1) is 7.58. The first-order valence-corrected chi connectivity index (χ1v) is 5.20. The standard InChI is InChI=1S/C12H16N2O2/c1-9(13-12(16)14-10(2)15)8-11-6-4-3-5-7-11/h3-7,9H,8H2,1-2H3,(H2,13,14,15,16)/t9-/m1/s1. The van der Waals surface area contributed by atoms with Gasteiger partial charge in [-0.2, -0.15) is 0 Å². The van der Waals surface area contributed by atoms with Crippen LogP contribution in [0.5, 0.6) is 0 Å². The molecule has 0 bridgehead atoms. The van der Waals surface area contributed by atoms with Gasteiger partial charge in [-0.3, -0.25) is 10.1 Å². The molecule has 0 saturated carbocycles. The minimum atomic E-state index is -0.448. The van der Waals surface area contributed by atoms with Crippen LogP contribution in [0.25, 0.3) is 0 Å². The average molecular weight is 220 g/mol. The molecule has 0 spiro atoms. The van der Waals surface area contributed by atoms with Gasteiger partial charge in [0.1, 0.15) is 0 Å². The van der Waals surface area contributed by atoms with Gasteiger partial charge in [-0.25, -0.2) is 4.79 Å². The van der Waals surface area contributed by atoms with Crippen LogP contribution in [-0.4, -0.2) is 18.0 Å². The van der Waals surface area contributed by atoms with E-state index in [1.54, 1.807) is 0 Å². The van der Waals surface area contributed by atoms with Gasteiger partial charge in [0.25, 0.3) is 0 Å². The van der Waals surface area contributed by atoms with Gasteiger partial charge >= 0.3 is 6.03 Å². The highest BCUT2D eigenvalue weighted by Gasteiger charge is 2.08. The zero-order chi connectivity index (χ0) is 12.0. The zero-order valence-corrected chi connectivity index (χ0v) is 9.49. The van der Waals surface area contributed by atoms with Crippen molar-refractivity contribution in [1.82, 2.24) is 10.6 Å². The van der Waals surface area contributed by atoms with E-state index < -0.39 is 6.03 Å². The summed E-state index contributed by atoms with van der Waals surface area (Å²) in [4.78, 5) is 21.8. The molecule has 0 radical (unpaired) electrons. The number of hydrogen-bond donors (Lipinski definition) is 2. The summed E-state index contributed by atoms with van der Waals surface area (Å²) in [7, 11) is 0. The summed E-state index contributed by atoms with van der Waals surface area (Å²) < 4.78 is 0. The third kappa shape index (κ3) is 4.59. The molecular formula is C12H16N2O2. The molecular weight excluding hydrogens is 204 g/mol. The highest BCUT2D eigenvalue weighted by atomic mass is 16.2. The fourth-order valence-corrected chi connectivity index (χ4v) is 1.44. The van der Waals surface area contributed by atoms with E-state index in [4.69, 9.17) is 0 Å². The minimum absolute atomic E-state index is 0.0123. The number of carbonyl (C=O) groups is 2. The first-order valence-electron chi connectivity index (χ1n) is 5.20. The first kappa shape index (κ1) is 12.2. The molecule has 1 atom stereocenters. The van der Waals surface area contributed by atoms with Crippen molar-refractivity contribution in [2.24, 2.45) is 0 Å². The van der Waals surface area contributed by atoms with E-state index in [1.807, 2.05) is 37.3 Å². The van der Waals surface area contributed by atoms with E-state index >= 15 is 0 Å². The lowest BCUT2D eigenvalue weighted by Crippen LogP contribution is -2.43. The Morgan fingerprint density at radius 2 is 1.88 bits per heavy atom. The van der Waals surface area contributed by atoms with Crippen LogP contribution in [0.1, 0.15) is 19.4 Å². The number of amides is 3. The Morgan fingerprint density at radius 3 is 2.44 bits per heavy atom. The van der Waals surface area contributed by atoms with E-state index in [0.717, 1.165) is 12.0 Å². The van der Waals surface area contributed by atoms with Gasteiger partial charge in [-0.15, -0.1) is 0 Å². The second-order valence-electron chi connectivity index (χ2n) is 3.75. The van der Waals surface area contributed by atoms with E-state index in [1.165, 1.54) is 6.92 Å². The predicted molar refractivity (Wildman–Crippen MR) is 62.0 cm³/mol. The molecule has 4 nitrogen and oxygen atoms in total. The summed E-state index contributed by atoms with van der Waals surface area (Å²) in [6.45, 7) is 3.20. The van der Waals surface area contributed by atoms with Crippen molar-refractivity contribution in [2.45, 2.75) is 26.3 Å². The van der Waals surface area contributed by atoms with E-state index in [2.05, 4.69) is 10.6 Å². The van der Waals surface area contributed by atoms with E-state index in [9.17, 15) is 9.59 Å². The molecule has 0 saturated heterocycles. The Balaban J connectivity index is 2.39. The zero-order valence-electron chi connectivity index (χ0n) is 9.49. The number of urea groups is 1. The van der Waals surface area contributed by atoms with Gasteiger partial charge < -0.3 is 5.32 Å². The van der Waals surface area contributed by atoms with Crippen molar-refractivity contribution in [3.63, 3.8) is 0 Å². The number of hydrogen-bond acceptors (Lipinski definition) is 2. The van der Waals surface area contributed by atoms with Crippen molar-refractivity contribution >= 4 is 11.9 Å². The third-order valence-electron chi connectivity index (χ3n) is 2.05. The lowest BCUT2D eigenvalue weighted by Gasteiger charge is -2.13. The van der Waals surface area contributed by atoms with Gasteiger partial charge in [0, 0.05) is 13.0 Å². The number of imide groups is 1. The molecule has 4 heteroatoms. The Hall–Kier alpha value is -1.84. The maximum Gasteiger partial charge on any atom is 0.321 e. The topological polar surface area (TPSA) is 58.2 Å². The molecule has 0 aromatic heterocycles. The fourth-order valence-electron chi connectivity index (χ4n) is 1.44. The summed E-state index contributed by atoms with van der Waals surface area (Å²) >= 11 is 0. The Kier molecular flexibility index (Phi) is 4.51. The van der Waals surface area contributed by atoms with Crippen molar-refractivity contribution < 1.29 is 9.59 Å². The minimum Gasteiger partial charge on any atom is -0.335 e. The lowest BCUT2D eigenvalue weighted by molar-refractivity contribution is -0.117. The normalized spacial score (nSPS) is 11.6. The van der Waals surface area contributed by atoms with Gasteiger partial charge in [0.05, 0.1) is 0 Å². The molecule has 0 heterocycles. The fraction of sp³-hybridized carbons (Fsp3) is 0.333. The van der Waals surface area contributed by atoms with Crippen LogP contribution >= 0.6 is 0 Å². The van der Waals surface area contributed by atoms with Crippen molar-refractivity contribution in [3.8, 4) is 0 Å². The third-order valence-corrected chi connectivity index (χ3v) is 2.05. The van der Waals surface area contributed by atoms with Crippen LogP contribution in [0, 0.1) is 0 Å². The Labute approximate surface area is 95.0 Å². The highest BCUT2D eigenvalue weighted by molar-refractivity contribution is 5.93. The molecule has 0 aliphatic heterocycles. The summed E-state index contributed by atoms with van der Waals surface area (Å²) in [6, 6.07) is 9.40. The second kappa shape index (κ2) is 5.90. The molecule has 16 heavy (non-hydrogen) atoms. The lowest BCUT2D eigenvalue weighted by atomic mass is 10.1. The second-order valence-corrected chi connectivity index (χ2v) is 3.75. The molecule has 2 N–H and O–H groups in total. The van der Waals surface area contributed by atoms with Gasteiger partial charge in [0.2, 0.25) is 5.91 Å². The molecule has 1 aromatic rings. The van der Waals surface area contributed by atoms with Gasteiger partial charge in [0.15, 0.2) is 0 Å². The van der Waals surface area contributed by atoms with Crippen molar-refractivity contribution in [2.75, 3.05) is 0 Å². The Bertz CT molecular complexity index is 363. The Morgan fingerprint density at radius 1 is 1.25 bits per heavy atom. The molecule has 1 aromatic carbocycles. The number of nitrogens with one attached hydrogen (secondary N) is 2. The highest BCUT2D eigenvalue weighted by Crippen LogP contribution is 2.02. The molecule has 0 unspecified atom stereocenters. The van der Waals surface area contributed by atoms with Crippen LogP contribution in [0.4, 0.5) is 4.79 Å². The maximum atomic E-state index is 11.2. The molecule has 0 aliphatic carbocycles. The van der Waals surface area contributed by atoms with Crippen LogP contribution in [-0.2, 0) is 11.2 Å². The molecule has 86 valence electrons. The van der Waals surface area contributed by atoms with Crippen LogP contribution in [0.2, 0.25) is 0 Å². The quantitative estimate of drug-likeness (QED) is 0.810. The summed E-state index contributed by atoms with van der Waals surface area (Å²) in [5.41, 5.74) is 1.15. The number of rotatable bonds is 3. The van der Waals surface area contributed by atoms with Crippen LogP contribution < -0.4 is 10.6 Å². The molecule has 3 amide bonds. The maximum absolute atomic E-state index is 11.2. The summed E-state index contributed by atoms with van der Waals surface area (Å²) in [6.07, 6.45) is 0.742. The molecule has 0 aliphatic rings. The van der Waals surface area contributed by atoms with E-state index in [-0.39, 0.29) is 11.9 Å². The van der Waals surface area contributed by atoms with E-state index in [0.29, 0.717) is 0 Å². The largest absolute Gasteiger partial charge is 0.335 e. The summed E-state index contributed by atoms with van der Waals surface area (Å²) in [5.74, 6) is -0.357. The van der Waals surface area contributed by atoms with Crippen molar-refractivity contribution in [3.05, 3.63) is 35.9 Å². The predicted octanol–water partition coefficient (Wildman–Crippen LogP) is 1.46. The molecule has 0 fully saturated rings. The molecule has 1 rings (SSSR count). The number of carbonyl (C=O) groups excluding carboxylic acids is 2. The average Bonchev–Trinajstić information content (AvgIpc) is 2.17.